The highest BCUT2D eigenvalue weighted by Crippen LogP contribution is 2.44. The summed E-state index contributed by atoms with van der Waals surface area (Å²) >= 11 is 1.86. The van der Waals surface area contributed by atoms with Crippen LogP contribution in [-0.2, 0) is 0 Å². The minimum atomic E-state index is 0.904. The summed E-state index contributed by atoms with van der Waals surface area (Å²) < 4.78 is 9.09. The summed E-state index contributed by atoms with van der Waals surface area (Å²) in [5.41, 5.74) is 14.4. The molecule has 0 saturated carbocycles. The van der Waals surface area contributed by atoms with Gasteiger partial charge in [0.25, 0.3) is 0 Å². The zero-order chi connectivity index (χ0) is 40.3. The summed E-state index contributed by atoms with van der Waals surface area (Å²) in [4.78, 5) is 2.39. The van der Waals surface area contributed by atoms with Gasteiger partial charge in [-0.1, -0.05) is 170 Å². The third-order valence-electron chi connectivity index (χ3n) is 12.1. The van der Waals surface area contributed by atoms with E-state index in [1.165, 1.54) is 53.2 Å². The van der Waals surface area contributed by atoms with E-state index in [9.17, 15) is 0 Å². The summed E-state index contributed by atoms with van der Waals surface area (Å²) in [6, 6.07) is 81.2. The van der Waals surface area contributed by atoms with Crippen LogP contribution in [0.2, 0.25) is 0 Å². The van der Waals surface area contributed by atoms with Crippen LogP contribution in [0, 0.1) is 0 Å². The van der Waals surface area contributed by atoms with Gasteiger partial charge in [-0.15, -0.1) is 11.3 Å². The van der Waals surface area contributed by atoms with Gasteiger partial charge in [-0.3, -0.25) is 0 Å². The van der Waals surface area contributed by atoms with Gasteiger partial charge in [-0.2, -0.15) is 0 Å². The molecule has 0 aliphatic carbocycles. The van der Waals surface area contributed by atoms with Crippen LogP contribution in [0.5, 0.6) is 0 Å². The maximum atomic E-state index is 6.46. The number of hydrogen-bond donors (Lipinski definition) is 0. The van der Waals surface area contributed by atoms with Gasteiger partial charge in [0.1, 0.15) is 11.2 Å². The fourth-order valence-corrected chi connectivity index (χ4v) is 10.3. The van der Waals surface area contributed by atoms with Crippen molar-refractivity contribution in [1.82, 2.24) is 0 Å². The van der Waals surface area contributed by atoms with E-state index in [0.717, 1.165) is 61.3 Å². The molecule has 0 saturated heterocycles. The number of hydrogen-bond acceptors (Lipinski definition) is 3. The van der Waals surface area contributed by atoms with Crippen molar-refractivity contribution in [2.45, 2.75) is 0 Å². The zero-order valence-corrected chi connectivity index (χ0v) is 33.9. The maximum absolute atomic E-state index is 6.46. The van der Waals surface area contributed by atoms with Crippen molar-refractivity contribution in [2.24, 2.45) is 0 Å². The van der Waals surface area contributed by atoms with Crippen molar-refractivity contribution in [2.75, 3.05) is 4.90 Å². The minimum Gasteiger partial charge on any atom is -0.455 e. The van der Waals surface area contributed by atoms with E-state index < -0.39 is 0 Å². The van der Waals surface area contributed by atoms with Crippen LogP contribution in [0.3, 0.4) is 0 Å². The molecule has 0 radical (unpaired) electrons. The van der Waals surface area contributed by atoms with Gasteiger partial charge in [-0.05, 0) is 98.8 Å². The number of furan rings is 1. The topological polar surface area (TPSA) is 16.4 Å². The Hall–Kier alpha value is -7.72. The first-order chi connectivity index (χ1) is 30.2. The third kappa shape index (κ3) is 6.09. The Kier molecular flexibility index (Phi) is 8.39. The first-order valence-corrected chi connectivity index (χ1v) is 21.6. The summed E-state index contributed by atoms with van der Waals surface area (Å²) in [6.07, 6.45) is 0. The molecule has 12 rings (SSSR count). The monoisotopic (exact) mass is 795 g/mol. The Morgan fingerprint density at radius 3 is 1.75 bits per heavy atom. The van der Waals surface area contributed by atoms with E-state index in [1.54, 1.807) is 0 Å². The standard InChI is InChI=1S/C58H37NOS/c1-2-16-46-39(12-1)13-10-20-47(46)42-14-9-15-43(36-42)48-17-3-6-23-54(48)59(44-31-26-38(27-32-44)41-30-35-52-51-19-5-8-25-56(51)61-57(52)37-41)45-33-28-40(29-34-45)49-21-11-22-53-50-18-4-7-24-55(50)60-58(49)53/h1-37H. The Bertz CT molecular complexity index is 3590. The van der Waals surface area contributed by atoms with Gasteiger partial charge >= 0.3 is 0 Å². The highest BCUT2D eigenvalue weighted by molar-refractivity contribution is 7.25. The lowest BCUT2D eigenvalue weighted by Crippen LogP contribution is -2.11. The highest BCUT2D eigenvalue weighted by atomic mass is 32.1. The number of fused-ring (bicyclic) bond motifs is 7. The van der Waals surface area contributed by atoms with Crippen molar-refractivity contribution >= 4 is 81.3 Å². The van der Waals surface area contributed by atoms with E-state index in [2.05, 4.69) is 217 Å². The van der Waals surface area contributed by atoms with Gasteiger partial charge in [0.2, 0.25) is 0 Å². The van der Waals surface area contributed by atoms with Gasteiger partial charge < -0.3 is 9.32 Å². The molecule has 3 heteroatoms. The Morgan fingerprint density at radius 2 is 0.902 bits per heavy atom. The zero-order valence-electron chi connectivity index (χ0n) is 33.1. The van der Waals surface area contributed by atoms with Crippen LogP contribution in [-0.4, -0.2) is 0 Å². The smallest absolute Gasteiger partial charge is 0.143 e. The molecule has 286 valence electrons. The van der Waals surface area contributed by atoms with Crippen molar-refractivity contribution < 1.29 is 4.42 Å². The predicted molar refractivity (Wildman–Crippen MR) is 261 cm³/mol. The van der Waals surface area contributed by atoms with Crippen molar-refractivity contribution in [1.29, 1.82) is 0 Å². The first-order valence-electron chi connectivity index (χ1n) is 20.7. The fourth-order valence-electron chi connectivity index (χ4n) is 9.14. The Labute approximate surface area is 357 Å². The molecule has 2 heterocycles. The molecule has 12 aromatic rings. The van der Waals surface area contributed by atoms with E-state index in [4.69, 9.17) is 4.42 Å². The van der Waals surface area contributed by atoms with E-state index in [1.807, 2.05) is 23.5 Å². The Morgan fingerprint density at radius 1 is 0.328 bits per heavy atom. The summed E-state index contributed by atoms with van der Waals surface area (Å²) in [6.45, 7) is 0. The van der Waals surface area contributed by atoms with Crippen molar-refractivity contribution in [3.05, 3.63) is 224 Å². The number of anilines is 3. The second-order valence-corrected chi connectivity index (χ2v) is 16.7. The number of thiophene rings is 1. The van der Waals surface area contributed by atoms with Crippen molar-refractivity contribution in [3.8, 4) is 44.5 Å². The molecule has 2 aromatic heterocycles. The number of benzene rings is 10. The average Bonchev–Trinajstić information content (AvgIpc) is 3.90. The molecule has 0 aliphatic heterocycles. The van der Waals surface area contributed by atoms with Gasteiger partial charge in [0, 0.05) is 53.4 Å². The quantitative estimate of drug-likeness (QED) is 0.160. The van der Waals surface area contributed by atoms with E-state index in [0.29, 0.717) is 0 Å². The predicted octanol–water partition coefficient (Wildman–Crippen LogP) is 17.2. The molecule has 0 unspecified atom stereocenters. The van der Waals surface area contributed by atoms with Gasteiger partial charge in [0.05, 0.1) is 5.69 Å². The second kappa shape index (κ2) is 14.5. The van der Waals surface area contributed by atoms with E-state index in [-0.39, 0.29) is 0 Å². The number of nitrogens with zero attached hydrogens (tertiary/aromatic N) is 1. The molecule has 0 amide bonds. The largest absolute Gasteiger partial charge is 0.455 e. The second-order valence-electron chi connectivity index (χ2n) is 15.6. The van der Waals surface area contributed by atoms with Crippen molar-refractivity contribution in [3.63, 3.8) is 0 Å². The SMILES string of the molecule is c1cc(-c2ccccc2N(c2ccc(-c3ccc4c(c3)sc3ccccc34)cc2)c2ccc(-c3cccc4c3oc3ccccc34)cc2)cc(-c2cccc3ccccc23)c1. The molecule has 61 heavy (non-hydrogen) atoms. The first kappa shape index (κ1) is 35.2. The molecule has 0 aliphatic rings. The van der Waals surface area contributed by atoms with Gasteiger partial charge in [-0.25, -0.2) is 0 Å². The third-order valence-corrected chi connectivity index (χ3v) is 13.2. The summed E-state index contributed by atoms with van der Waals surface area (Å²) in [5, 5.41) is 7.39. The van der Waals surface area contributed by atoms with E-state index >= 15 is 0 Å². The van der Waals surface area contributed by atoms with Crippen LogP contribution in [0.4, 0.5) is 17.1 Å². The normalized spacial score (nSPS) is 11.6. The molecular weight excluding hydrogens is 759 g/mol. The molecule has 0 N–H and O–H groups in total. The Balaban J connectivity index is 0.978. The molecule has 0 spiro atoms. The van der Waals surface area contributed by atoms with Crippen LogP contribution >= 0.6 is 11.3 Å². The summed E-state index contributed by atoms with van der Waals surface area (Å²) in [5.74, 6) is 0. The number of para-hydroxylation sites is 3. The molecular formula is C58H37NOS. The molecule has 10 aromatic carbocycles. The molecule has 0 bridgehead atoms. The average molecular weight is 796 g/mol. The minimum absolute atomic E-state index is 0.904. The summed E-state index contributed by atoms with van der Waals surface area (Å²) in [7, 11) is 0. The molecule has 0 atom stereocenters. The lowest BCUT2D eigenvalue weighted by Gasteiger charge is -2.28. The highest BCUT2D eigenvalue weighted by Gasteiger charge is 2.19. The maximum Gasteiger partial charge on any atom is 0.143 e. The van der Waals surface area contributed by atoms with Crippen LogP contribution in [0.15, 0.2) is 229 Å². The van der Waals surface area contributed by atoms with Crippen LogP contribution < -0.4 is 4.90 Å². The fraction of sp³-hybridized carbons (Fsp3) is 0. The van der Waals surface area contributed by atoms with Gasteiger partial charge in [0.15, 0.2) is 0 Å². The van der Waals surface area contributed by atoms with Crippen LogP contribution in [0.1, 0.15) is 0 Å². The lowest BCUT2D eigenvalue weighted by atomic mass is 9.94. The number of rotatable bonds is 7. The molecule has 2 nitrogen and oxygen atoms in total. The van der Waals surface area contributed by atoms with Crippen LogP contribution in [0.25, 0.3) is 97.4 Å². The lowest BCUT2D eigenvalue weighted by molar-refractivity contribution is 0.670. The molecule has 0 fully saturated rings.